The third-order valence-electron chi connectivity index (χ3n) is 0. The molecule has 0 aliphatic rings. The van der Waals surface area contributed by atoms with Crippen molar-refractivity contribution in [1.29, 1.82) is 0 Å². The third kappa shape index (κ3) is 35.6. The maximum absolute atomic E-state index is 8.89. The van der Waals surface area contributed by atoms with Crippen LogP contribution in [-0.2, 0) is 4.79 Å². The predicted octanol–water partition coefficient (Wildman–Crippen LogP) is -1.48. The zero-order valence-corrected chi connectivity index (χ0v) is 3.99. The highest BCUT2D eigenvalue weighted by molar-refractivity contribution is 5.60. The average Bonchev–Trinajstić information content (AvgIpc) is 1.25. The molecular weight excluding hydrogens is 118 g/mol. The fourth-order valence-electron chi connectivity index (χ4n) is 0. The van der Waals surface area contributed by atoms with Crippen LogP contribution in [0.1, 0.15) is 6.92 Å². The van der Waals surface area contributed by atoms with Crippen molar-refractivity contribution in [1.82, 2.24) is 0 Å². The highest BCUT2D eigenvalue weighted by atomic mass is 16.9. The van der Waals surface area contributed by atoms with Gasteiger partial charge in [-0.1, -0.05) is 0 Å². The monoisotopic (exact) mass is 121 g/mol. The Morgan fingerprint density at radius 3 is 1.50 bits per heavy atom. The van der Waals surface area contributed by atoms with E-state index in [0.717, 1.165) is 6.92 Å². The Morgan fingerprint density at radius 2 is 1.50 bits per heavy atom. The molecule has 0 unspecified atom stereocenters. The highest BCUT2D eigenvalue weighted by Crippen LogP contribution is 1.44. The standard InChI is InChI=1S/C2H4O2.NO3/c1-2(3)4;2-1(3)4/h1H3,(H,3,4);/q;-1/p-1. The van der Waals surface area contributed by atoms with Crippen molar-refractivity contribution in [3.8, 4) is 0 Å². The van der Waals surface area contributed by atoms with Crippen LogP contribution in [0.2, 0.25) is 0 Å². The first-order valence-corrected chi connectivity index (χ1v) is 1.46. The van der Waals surface area contributed by atoms with E-state index in [4.69, 9.17) is 25.2 Å². The molecule has 6 nitrogen and oxygen atoms in total. The molecule has 0 rings (SSSR count). The number of nitrogens with zero attached hydrogens (tertiary/aromatic N) is 1. The second kappa shape index (κ2) is 5.67. The van der Waals surface area contributed by atoms with Crippen LogP contribution in [0.15, 0.2) is 0 Å². The van der Waals surface area contributed by atoms with Crippen molar-refractivity contribution < 1.29 is 15.0 Å². The number of carboxylic acid groups (broad SMARTS) is 1. The van der Waals surface area contributed by atoms with Crippen LogP contribution in [-0.4, -0.2) is 11.1 Å². The Balaban J connectivity index is 0. The van der Waals surface area contributed by atoms with Crippen LogP contribution in [0.4, 0.5) is 0 Å². The van der Waals surface area contributed by atoms with Crippen LogP contribution < -0.4 is 5.11 Å². The quantitative estimate of drug-likeness (QED) is 0.287. The van der Waals surface area contributed by atoms with Gasteiger partial charge in [-0.3, -0.25) is 0 Å². The van der Waals surface area contributed by atoms with Gasteiger partial charge in [0.1, 0.15) is 0 Å². The molecule has 0 saturated carbocycles. The summed E-state index contributed by atoms with van der Waals surface area (Å²) >= 11 is 0. The zero-order valence-electron chi connectivity index (χ0n) is 3.99. The third-order valence-corrected chi connectivity index (χ3v) is 0. The van der Waals surface area contributed by atoms with Gasteiger partial charge in [-0.15, -0.1) is 0 Å². The topological polar surface area (TPSA) is 106 Å². The summed E-state index contributed by atoms with van der Waals surface area (Å²) in [6, 6.07) is 0. The zero-order chi connectivity index (χ0) is 7.15. The second-order valence-corrected chi connectivity index (χ2v) is 0.715. The van der Waals surface area contributed by atoms with E-state index in [-0.39, 0.29) is 0 Å². The van der Waals surface area contributed by atoms with E-state index in [0.29, 0.717) is 0 Å². The summed E-state index contributed by atoms with van der Waals surface area (Å²) in [4.78, 5) is 17.1. The van der Waals surface area contributed by atoms with Crippen molar-refractivity contribution in [3.63, 3.8) is 0 Å². The average molecular weight is 121 g/mol. The van der Waals surface area contributed by atoms with Gasteiger partial charge in [0.2, 0.25) is 0 Å². The Labute approximate surface area is 44.5 Å². The van der Waals surface area contributed by atoms with Gasteiger partial charge in [0.25, 0.3) is 0 Å². The molecule has 0 bridgehead atoms. The van der Waals surface area contributed by atoms with Gasteiger partial charge < -0.3 is 25.2 Å². The molecule has 0 fully saturated rings. The van der Waals surface area contributed by atoms with Gasteiger partial charge >= 0.3 is 0 Å². The van der Waals surface area contributed by atoms with E-state index >= 15 is 0 Å². The number of rotatable bonds is 0. The summed E-state index contributed by atoms with van der Waals surface area (Å²) < 4.78 is 0. The molecule has 0 radical (unpaired) electrons. The van der Waals surface area contributed by atoms with E-state index in [1.165, 1.54) is 0 Å². The first-order valence-electron chi connectivity index (χ1n) is 1.46. The van der Waals surface area contributed by atoms with Crippen molar-refractivity contribution >= 4 is 5.97 Å². The Bertz CT molecular complexity index is 68.4. The van der Waals surface area contributed by atoms with E-state index in [2.05, 4.69) is 0 Å². The fourth-order valence-corrected chi connectivity index (χ4v) is 0. The van der Waals surface area contributed by atoms with E-state index < -0.39 is 11.1 Å². The lowest BCUT2D eigenvalue weighted by Gasteiger charge is -1.77. The molecule has 6 heteroatoms. The predicted molar refractivity (Wildman–Crippen MR) is 21.0 cm³/mol. The summed E-state index contributed by atoms with van der Waals surface area (Å²) in [5.74, 6) is -1.08. The molecule has 0 atom stereocenters. The summed E-state index contributed by atoms with van der Waals surface area (Å²) in [6.45, 7) is 0.972. The first-order chi connectivity index (χ1) is 3.46. The van der Waals surface area contributed by atoms with Gasteiger partial charge in [-0.2, -0.15) is 0 Å². The highest BCUT2D eigenvalue weighted by Gasteiger charge is 1.46. The molecular formula is C2H3NO5-2. The fraction of sp³-hybridized carbons (Fsp3) is 0.500. The van der Waals surface area contributed by atoms with E-state index in [1.54, 1.807) is 0 Å². The van der Waals surface area contributed by atoms with Gasteiger partial charge in [-0.05, 0) is 6.92 Å². The Morgan fingerprint density at radius 1 is 1.50 bits per heavy atom. The van der Waals surface area contributed by atoms with E-state index in [9.17, 15) is 0 Å². The maximum atomic E-state index is 8.89. The number of aliphatic carboxylic acids is 1. The van der Waals surface area contributed by atoms with Gasteiger partial charge in [0.05, 0.1) is 5.09 Å². The second-order valence-electron chi connectivity index (χ2n) is 0.715. The normalized spacial score (nSPS) is 6.12. The lowest BCUT2D eigenvalue weighted by Crippen LogP contribution is -2.16. The van der Waals surface area contributed by atoms with E-state index in [1.807, 2.05) is 0 Å². The minimum Gasteiger partial charge on any atom is -0.550 e. The SMILES string of the molecule is CC(=O)[O-].O=[N+]([O-])[O-]. The molecule has 0 heterocycles. The minimum atomic E-state index is -1.75. The lowest BCUT2D eigenvalue weighted by atomic mass is 10.9. The number of carbonyl (C=O) groups excluding carboxylic acids is 1. The molecule has 0 aliphatic heterocycles. The van der Waals surface area contributed by atoms with Crippen LogP contribution in [0.5, 0.6) is 0 Å². The molecule has 0 aromatic heterocycles. The van der Waals surface area contributed by atoms with Crippen molar-refractivity contribution in [2.24, 2.45) is 0 Å². The maximum Gasteiger partial charge on any atom is 0.0689 e. The molecule has 0 aliphatic carbocycles. The molecule has 48 valence electrons. The molecule has 0 aromatic rings. The largest absolute Gasteiger partial charge is 0.550 e. The lowest BCUT2D eigenvalue weighted by molar-refractivity contribution is -0.402. The van der Waals surface area contributed by atoms with Crippen LogP contribution in [0.3, 0.4) is 0 Å². The van der Waals surface area contributed by atoms with Crippen molar-refractivity contribution in [2.75, 3.05) is 0 Å². The summed E-state index contributed by atoms with van der Waals surface area (Å²) in [5.41, 5.74) is 0. The molecule has 0 N–H and O–H groups in total. The first kappa shape index (κ1) is 9.83. The van der Waals surface area contributed by atoms with Crippen molar-refractivity contribution in [3.05, 3.63) is 15.3 Å². The molecule has 0 aromatic carbocycles. The number of carbonyl (C=O) groups is 1. The summed E-state index contributed by atoms with van der Waals surface area (Å²) in [6.07, 6.45) is 0. The number of hydrogen-bond donors (Lipinski definition) is 0. The van der Waals surface area contributed by atoms with Crippen LogP contribution >= 0.6 is 0 Å². The van der Waals surface area contributed by atoms with Crippen molar-refractivity contribution in [2.45, 2.75) is 6.92 Å². The Hall–Kier alpha value is -1.33. The smallest absolute Gasteiger partial charge is 0.0689 e. The van der Waals surface area contributed by atoms with Gasteiger partial charge in [-0.25, -0.2) is 0 Å². The van der Waals surface area contributed by atoms with Gasteiger partial charge in [0, 0.05) is 5.97 Å². The number of carboxylic acids is 1. The van der Waals surface area contributed by atoms with Crippen LogP contribution in [0, 0.1) is 15.3 Å². The summed E-state index contributed by atoms with van der Waals surface area (Å²) in [5, 5.41) is 23.6. The molecule has 0 saturated heterocycles. The molecule has 8 heavy (non-hydrogen) atoms. The number of hydrogen-bond acceptors (Lipinski definition) is 5. The molecule has 0 amide bonds. The van der Waals surface area contributed by atoms with Crippen LogP contribution in [0.25, 0.3) is 0 Å². The Kier molecular flexibility index (Phi) is 6.97. The minimum absolute atomic E-state index is 0.972. The van der Waals surface area contributed by atoms with Gasteiger partial charge in [0.15, 0.2) is 0 Å². The summed E-state index contributed by atoms with van der Waals surface area (Å²) in [7, 11) is 0. The molecule has 0 spiro atoms.